The molecule has 1 aliphatic rings. The number of hydrogen-bond acceptors (Lipinski definition) is 9. The highest BCUT2D eigenvalue weighted by Gasteiger charge is 2.33. The first-order valence-corrected chi connectivity index (χ1v) is 13.0. The SMILES string of the molecule is COc1ccc(-c2cc(CN3CCN(C(Oc4ccc5sc(C)nc5c4)[C@@H](C)O)[C@@H](C)C3)on2)cc1. The van der Waals surface area contributed by atoms with E-state index in [1.165, 1.54) is 0 Å². The quantitative estimate of drug-likeness (QED) is 0.371. The van der Waals surface area contributed by atoms with E-state index in [4.69, 9.17) is 14.0 Å². The number of piperazine rings is 1. The Morgan fingerprint density at radius 3 is 2.64 bits per heavy atom. The molecule has 9 heteroatoms. The fourth-order valence-electron chi connectivity index (χ4n) is 4.75. The fraction of sp³-hybridized carbons (Fsp3) is 0.407. The maximum Gasteiger partial charge on any atom is 0.178 e. The van der Waals surface area contributed by atoms with Crippen molar-refractivity contribution in [3.8, 4) is 22.8 Å². The third-order valence-corrected chi connectivity index (χ3v) is 7.50. The summed E-state index contributed by atoms with van der Waals surface area (Å²) < 4.78 is 18.3. The van der Waals surface area contributed by atoms with Gasteiger partial charge < -0.3 is 19.1 Å². The number of ether oxygens (including phenoxy) is 2. The van der Waals surface area contributed by atoms with Crippen LogP contribution >= 0.6 is 11.3 Å². The largest absolute Gasteiger partial charge is 0.497 e. The minimum absolute atomic E-state index is 0.188. The van der Waals surface area contributed by atoms with E-state index in [1.807, 2.05) is 55.5 Å². The Labute approximate surface area is 215 Å². The molecule has 190 valence electrons. The molecule has 0 saturated carbocycles. The third-order valence-electron chi connectivity index (χ3n) is 6.55. The van der Waals surface area contributed by atoms with E-state index < -0.39 is 12.3 Å². The van der Waals surface area contributed by atoms with Crippen molar-refractivity contribution in [2.24, 2.45) is 0 Å². The monoisotopic (exact) mass is 508 g/mol. The molecule has 2 aromatic carbocycles. The summed E-state index contributed by atoms with van der Waals surface area (Å²) in [5, 5.41) is 15.9. The van der Waals surface area contributed by atoms with Crippen molar-refractivity contribution >= 4 is 21.6 Å². The minimum atomic E-state index is -0.645. The van der Waals surface area contributed by atoms with E-state index in [9.17, 15) is 5.11 Å². The lowest BCUT2D eigenvalue weighted by molar-refractivity contribution is -0.0963. The molecule has 1 aliphatic heterocycles. The van der Waals surface area contributed by atoms with E-state index in [0.29, 0.717) is 6.54 Å². The molecule has 0 aliphatic carbocycles. The molecule has 36 heavy (non-hydrogen) atoms. The van der Waals surface area contributed by atoms with Crippen LogP contribution < -0.4 is 9.47 Å². The van der Waals surface area contributed by atoms with Gasteiger partial charge in [-0.25, -0.2) is 4.98 Å². The molecular weight excluding hydrogens is 476 g/mol. The Morgan fingerprint density at radius 1 is 1.14 bits per heavy atom. The van der Waals surface area contributed by atoms with Crippen LogP contribution in [0.2, 0.25) is 0 Å². The lowest BCUT2D eigenvalue weighted by atomic mass is 10.1. The van der Waals surface area contributed by atoms with Gasteiger partial charge >= 0.3 is 0 Å². The van der Waals surface area contributed by atoms with Crippen molar-refractivity contribution in [1.29, 1.82) is 0 Å². The van der Waals surface area contributed by atoms with E-state index >= 15 is 0 Å². The molecule has 8 nitrogen and oxygen atoms in total. The molecular formula is C27H32N4O4S. The van der Waals surface area contributed by atoms with Gasteiger partial charge in [-0.05, 0) is 57.2 Å². The topological polar surface area (TPSA) is 84.1 Å². The van der Waals surface area contributed by atoms with Crippen molar-refractivity contribution in [2.75, 3.05) is 26.7 Å². The van der Waals surface area contributed by atoms with Crippen molar-refractivity contribution in [2.45, 2.75) is 45.7 Å². The Bertz CT molecular complexity index is 1300. The van der Waals surface area contributed by atoms with Crippen LogP contribution in [0.4, 0.5) is 0 Å². The van der Waals surface area contributed by atoms with E-state index in [-0.39, 0.29) is 6.04 Å². The van der Waals surface area contributed by atoms with Crippen LogP contribution in [0.1, 0.15) is 24.6 Å². The molecule has 0 radical (unpaired) electrons. The van der Waals surface area contributed by atoms with Gasteiger partial charge in [-0.15, -0.1) is 11.3 Å². The second kappa shape index (κ2) is 10.6. The van der Waals surface area contributed by atoms with Crippen LogP contribution in [0.15, 0.2) is 53.1 Å². The number of hydrogen-bond donors (Lipinski definition) is 1. The summed E-state index contributed by atoms with van der Waals surface area (Å²) in [6, 6.07) is 15.9. The van der Waals surface area contributed by atoms with Crippen LogP contribution in [0.3, 0.4) is 0 Å². The first kappa shape index (κ1) is 24.7. The second-order valence-electron chi connectivity index (χ2n) is 9.34. The molecule has 0 spiro atoms. The number of aromatic nitrogens is 2. The number of thiazole rings is 1. The van der Waals surface area contributed by atoms with Crippen molar-refractivity contribution in [3.63, 3.8) is 0 Å². The number of methoxy groups -OCH3 is 1. The molecule has 1 unspecified atom stereocenters. The first-order chi connectivity index (χ1) is 17.4. The summed E-state index contributed by atoms with van der Waals surface area (Å²) in [6.45, 7) is 9.07. The summed E-state index contributed by atoms with van der Waals surface area (Å²) in [7, 11) is 1.65. The number of benzene rings is 2. The summed E-state index contributed by atoms with van der Waals surface area (Å²) in [5.74, 6) is 2.37. The molecule has 1 fully saturated rings. The zero-order chi connectivity index (χ0) is 25.2. The fourth-order valence-corrected chi connectivity index (χ4v) is 5.56. The molecule has 1 saturated heterocycles. The van der Waals surface area contributed by atoms with Gasteiger partial charge in [-0.2, -0.15) is 0 Å². The van der Waals surface area contributed by atoms with Crippen molar-refractivity contribution in [3.05, 3.63) is 59.3 Å². The number of rotatable bonds is 8. The van der Waals surface area contributed by atoms with E-state index in [1.54, 1.807) is 25.4 Å². The summed E-state index contributed by atoms with van der Waals surface area (Å²) in [6.07, 6.45) is -1.08. The van der Waals surface area contributed by atoms with E-state index in [0.717, 1.165) is 63.4 Å². The highest BCUT2D eigenvalue weighted by atomic mass is 32.1. The molecule has 2 aromatic heterocycles. The van der Waals surface area contributed by atoms with Gasteiger partial charge in [-0.3, -0.25) is 9.80 Å². The Morgan fingerprint density at radius 2 is 1.92 bits per heavy atom. The summed E-state index contributed by atoms with van der Waals surface area (Å²) in [5.41, 5.74) is 2.74. The zero-order valence-corrected chi connectivity index (χ0v) is 21.9. The number of aryl methyl sites for hydroxylation is 1. The summed E-state index contributed by atoms with van der Waals surface area (Å²) >= 11 is 1.67. The predicted molar refractivity (Wildman–Crippen MR) is 140 cm³/mol. The van der Waals surface area contributed by atoms with Gasteiger partial charge in [0, 0.05) is 43.4 Å². The smallest absolute Gasteiger partial charge is 0.178 e. The zero-order valence-electron chi connectivity index (χ0n) is 21.0. The maximum atomic E-state index is 10.6. The molecule has 3 atom stereocenters. The standard InChI is InChI=1S/C27H32N4O4S/c1-17-15-30(16-23-14-24(29-35-23)20-5-7-21(33-4)8-6-20)11-12-31(17)27(18(2)32)34-22-9-10-26-25(13-22)28-19(3)36-26/h5-10,13-14,17-18,27,32H,11-12,15-16H2,1-4H3/t17-,18+,27?/m0/s1. The van der Waals surface area contributed by atoms with Crippen LogP contribution in [-0.2, 0) is 6.54 Å². The molecule has 0 bridgehead atoms. The highest BCUT2D eigenvalue weighted by molar-refractivity contribution is 7.18. The predicted octanol–water partition coefficient (Wildman–Crippen LogP) is 4.56. The Kier molecular flexibility index (Phi) is 7.25. The van der Waals surface area contributed by atoms with Gasteiger partial charge in [0.1, 0.15) is 23.3 Å². The first-order valence-electron chi connectivity index (χ1n) is 12.2. The average molecular weight is 509 g/mol. The van der Waals surface area contributed by atoms with Crippen LogP contribution in [0.25, 0.3) is 21.5 Å². The van der Waals surface area contributed by atoms with Gasteiger partial charge in [0.25, 0.3) is 0 Å². The number of nitrogens with zero attached hydrogens (tertiary/aromatic N) is 4. The van der Waals surface area contributed by atoms with Crippen LogP contribution in [-0.4, -0.2) is 70.2 Å². The summed E-state index contributed by atoms with van der Waals surface area (Å²) in [4.78, 5) is 9.15. The molecule has 1 N–H and O–H groups in total. The third kappa shape index (κ3) is 5.39. The molecule has 5 rings (SSSR count). The second-order valence-corrected chi connectivity index (χ2v) is 10.6. The van der Waals surface area contributed by atoms with Crippen molar-refractivity contribution < 1.29 is 19.1 Å². The van der Waals surface area contributed by atoms with E-state index in [2.05, 4.69) is 26.9 Å². The molecule has 0 amide bonds. The maximum absolute atomic E-state index is 10.6. The van der Waals surface area contributed by atoms with Crippen molar-refractivity contribution in [1.82, 2.24) is 19.9 Å². The van der Waals surface area contributed by atoms with Gasteiger partial charge in [0.2, 0.25) is 0 Å². The number of fused-ring (bicyclic) bond motifs is 1. The molecule has 3 heterocycles. The minimum Gasteiger partial charge on any atom is -0.497 e. The number of aliphatic hydroxyl groups excluding tert-OH is 1. The number of aliphatic hydroxyl groups is 1. The normalized spacial score (nSPS) is 18.9. The Balaban J connectivity index is 1.21. The van der Waals surface area contributed by atoms with Gasteiger partial charge in [0.15, 0.2) is 12.0 Å². The van der Waals surface area contributed by atoms with Crippen LogP contribution in [0, 0.1) is 6.92 Å². The average Bonchev–Trinajstić information content (AvgIpc) is 3.48. The Hall–Kier alpha value is -2.98. The lowest BCUT2D eigenvalue weighted by Crippen LogP contribution is -2.59. The van der Waals surface area contributed by atoms with Gasteiger partial charge in [-0.1, -0.05) is 5.16 Å². The highest BCUT2D eigenvalue weighted by Crippen LogP contribution is 2.28. The van der Waals surface area contributed by atoms with Crippen LogP contribution in [0.5, 0.6) is 11.5 Å². The van der Waals surface area contributed by atoms with Gasteiger partial charge in [0.05, 0.1) is 28.9 Å². The lowest BCUT2D eigenvalue weighted by Gasteiger charge is -2.44. The molecule has 4 aromatic rings.